The van der Waals surface area contributed by atoms with Gasteiger partial charge < -0.3 is 21.5 Å². The molecule has 0 bridgehead atoms. The average Bonchev–Trinajstić information content (AvgIpc) is 2.48. The molecule has 2 rings (SSSR count). The van der Waals surface area contributed by atoms with Crippen molar-refractivity contribution in [1.82, 2.24) is 4.57 Å². The van der Waals surface area contributed by atoms with Crippen molar-refractivity contribution >= 4 is 23.1 Å². The normalized spacial score (nSPS) is 8.93. The van der Waals surface area contributed by atoms with Gasteiger partial charge in [0, 0.05) is 11.4 Å². The fourth-order valence-electron chi connectivity index (χ4n) is 1.60. The third-order valence-electron chi connectivity index (χ3n) is 2.23. The number of hydrogen-bond donors (Lipinski definition) is 0. The van der Waals surface area contributed by atoms with Gasteiger partial charge in [-0.25, -0.2) is 0 Å². The van der Waals surface area contributed by atoms with E-state index in [0.29, 0.717) is 0 Å². The Morgan fingerprint density at radius 3 is 1.87 bits per heavy atom. The number of nitrogens with zero attached hydrogens (tertiary/aromatic N) is 1. The molecule has 0 amide bonds. The predicted molar refractivity (Wildman–Crippen MR) is 59.8 cm³/mol. The quantitative estimate of drug-likeness (QED) is 0.489. The molecular formula is C12H12BrMgN. The maximum absolute atomic E-state index is 3.02. The van der Waals surface area contributed by atoms with Crippen molar-refractivity contribution in [2.24, 2.45) is 0 Å². The summed E-state index contributed by atoms with van der Waals surface area (Å²) in [4.78, 5) is 0. The number of rotatable bonds is 1. The molecule has 15 heavy (non-hydrogen) atoms. The fraction of sp³-hybridized carbons (Fsp3) is 0.167. The second-order valence-corrected chi connectivity index (χ2v) is 3.21. The van der Waals surface area contributed by atoms with Gasteiger partial charge in [0.1, 0.15) is 0 Å². The zero-order valence-corrected chi connectivity index (χ0v) is 12.0. The summed E-state index contributed by atoms with van der Waals surface area (Å²) in [6.45, 7) is 4.23. The summed E-state index contributed by atoms with van der Waals surface area (Å²) in [5, 5.41) is 0. The van der Waals surface area contributed by atoms with Crippen LogP contribution in [0.2, 0.25) is 0 Å². The van der Waals surface area contributed by atoms with Crippen molar-refractivity contribution in [1.29, 1.82) is 0 Å². The first-order chi connectivity index (χ1) is 6.29. The summed E-state index contributed by atoms with van der Waals surface area (Å²) in [5.74, 6) is 0. The van der Waals surface area contributed by atoms with Gasteiger partial charge in [0.05, 0.1) is 0 Å². The van der Waals surface area contributed by atoms with Crippen molar-refractivity contribution in [3.8, 4) is 5.69 Å². The minimum absolute atomic E-state index is 0. The maximum atomic E-state index is 3.02. The number of halogens is 1. The van der Waals surface area contributed by atoms with Gasteiger partial charge in [0.15, 0.2) is 0 Å². The summed E-state index contributed by atoms with van der Waals surface area (Å²) in [6, 6.07) is 15.3. The van der Waals surface area contributed by atoms with Gasteiger partial charge in [0.2, 0.25) is 0 Å². The molecule has 1 heterocycles. The first-order valence-electron chi connectivity index (χ1n) is 4.40. The topological polar surface area (TPSA) is 4.93 Å². The molecule has 0 aliphatic carbocycles. The van der Waals surface area contributed by atoms with Gasteiger partial charge in [-0.05, 0) is 26.0 Å². The molecule has 2 aromatic rings. The molecule has 0 saturated carbocycles. The first kappa shape index (κ1) is 14.7. The predicted octanol–water partition coefficient (Wildman–Crippen LogP) is -0.482. The molecule has 3 heteroatoms. The first-order valence-corrected chi connectivity index (χ1v) is 4.40. The number of hydrogen-bond acceptors (Lipinski definition) is 0. The van der Waals surface area contributed by atoms with E-state index >= 15 is 0 Å². The van der Waals surface area contributed by atoms with Crippen LogP contribution >= 0.6 is 0 Å². The molecule has 74 valence electrons. The van der Waals surface area contributed by atoms with Gasteiger partial charge in [-0.3, -0.25) is 0 Å². The number of benzene rings is 1. The van der Waals surface area contributed by atoms with Crippen molar-refractivity contribution in [2.75, 3.05) is 0 Å². The van der Waals surface area contributed by atoms with Crippen LogP contribution in [0.3, 0.4) is 0 Å². The van der Waals surface area contributed by atoms with Crippen molar-refractivity contribution < 1.29 is 17.0 Å². The van der Waals surface area contributed by atoms with Crippen LogP contribution in [0.4, 0.5) is 0 Å². The van der Waals surface area contributed by atoms with E-state index in [-0.39, 0.29) is 40.0 Å². The van der Waals surface area contributed by atoms with Crippen LogP contribution in [0, 0.1) is 19.9 Å². The zero-order chi connectivity index (χ0) is 9.26. The van der Waals surface area contributed by atoms with Crippen LogP contribution in [-0.4, -0.2) is 27.6 Å². The molecule has 1 nitrogen and oxygen atoms in total. The Morgan fingerprint density at radius 1 is 0.933 bits per heavy atom. The third kappa shape index (κ3) is 3.10. The van der Waals surface area contributed by atoms with Crippen LogP contribution in [0.5, 0.6) is 0 Å². The smallest absolute Gasteiger partial charge is 1.00 e. The molecule has 0 spiro atoms. The van der Waals surface area contributed by atoms with E-state index in [0.717, 1.165) is 0 Å². The second kappa shape index (κ2) is 6.36. The van der Waals surface area contributed by atoms with Gasteiger partial charge >= 0.3 is 23.1 Å². The summed E-state index contributed by atoms with van der Waals surface area (Å²) < 4.78 is 2.23. The molecule has 0 aliphatic rings. The Kier molecular flexibility index (Phi) is 6.25. The molecule has 0 fully saturated rings. The SMILES string of the molecule is Cc1ccc(C)n1-c1cc[c-]cc1.[Br-].[Mg+2]. The molecule has 0 atom stereocenters. The molecule has 0 aliphatic heterocycles. The maximum Gasteiger partial charge on any atom is 2.00 e. The van der Waals surface area contributed by atoms with Gasteiger partial charge in [-0.2, -0.15) is 18.2 Å². The largest absolute Gasteiger partial charge is 2.00 e. The Hall–Kier alpha value is -0.254. The second-order valence-electron chi connectivity index (χ2n) is 3.21. The van der Waals surface area contributed by atoms with E-state index < -0.39 is 0 Å². The van der Waals surface area contributed by atoms with Crippen LogP contribution in [-0.2, 0) is 0 Å². The average molecular weight is 274 g/mol. The summed E-state index contributed by atoms with van der Waals surface area (Å²) in [7, 11) is 0. The standard InChI is InChI=1S/C12H12N.BrH.Mg/c1-10-8-9-11(2)13(10)12-6-4-3-5-7-12;;/h4-9H,1-2H3;1H;/q-1;;+2/p-1. The summed E-state index contributed by atoms with van der Waals surface area (Å²) in [6.07, 6.45) is 0. The summed E-state index contributed by atoms with van der Waals surface area (Å²) in [5.41, 5.74) is 3.74. The monoisotopic (exact) mass is 273 g/mol. The van der Waals surface area contributed by atoms with E-state index in [1.807, 2.05) is 12.1 Å². The van der Waals surface area contributed by atoms with Crippen molar-refractivity contribution in [3.05, 3.63) is 53.9 Å². The van der Waals surface area contributed by atoms with Crippen molar-refractivity contribution in [3.63, 3.8) is 0 Å². The molecule has 0 radical (unpaired) electrons. The minimum Gasteiger partial charge on any atom is -1.00 e. The van der Waals surface area contributed by atoms with Gasteiger partial charge in [-0.1, -0.05) is 5.69 Å². The van der Waals surface area contributed by atoms with Gasteiger partial charge in [0.25, 0.3) is 0 Å². The van der Waals surface area contributed by atoms with E-state index in [1.165, 1.54) is 17.1 Å². The van der Waals surface area contributed by atoms with Crippen LogP contribution in [0.25, 0.3) is 5.69 Å². The molecular weight excluding hydrogens is 262 g/mol. The van der Waals surface area contributed by atoms with Crippen LogP contribution < -0.4 is 17.0 Å². The molecule has 1 aromatic heterocycles. The van der Waals surface area contributed by atoms with E-state index in [1.54, 1.807) is 0 Å². The molecule has 0 N–H and O–H groups in total. The van der Waals surface area contributed by atoms with E-state index in [2.05, 4.69) is 48.7 Å². The minimum atomic E-state index is 0. The molecule has 0 unspecified atom stereocenters. The van der Waals surface area contributed by atoms with Crippen molar-refractivity contribution in [2.45, 2.75) is 13.8 Å². The van der Waals surface area contributed by atoms with Crippen LogP contribution in [0.15, 0.2) is 36.4 Å². The Balaban J connectivity index is 0.000000980. The Morgan fingerprint density at radius 2 is 1.40 bits per heavy atom. The van der Waals surface area contributed by atoms with Gasteiger partial charge in [-0.15, -0.1) is 12.1 Å². The fourth-order valence-corrected chi connectivity index (χ4v) is 1.60. The summed E-state index contributed by atoms with van der Waals surface area (Å²) >= 11 is 0. The zero-order valence-electron chi connectivity index (χ0n) is 9.00. The van der Waals surface area contributed by atoms with E-state index in [4.69, 9.17) is 0 Å². The Bertz CT molecular complexity index is 389. The van der Waals surface area contributed by atoms with E-state index in [9.17, 15) is 0 Å². The third-order valence-corrected chi connectivity index (χ3v) is 2.23. The number of aromatic nitrogens is 1. The molecule has 0 saturated heterocycles. The van der Waals surface area contributed by atoms with Crippen LogP contribution in [0.1, 0.15) is 11.4 Å². The molecule has 1 aromatic carbocycles. The Labute approximate surface area is 117 Å². The number of aryl methyl sites for hydroxylation is 2.